The van der Waals surface area contributed by atoms with Gasteiger partial charge in [0.05, 0.1) is 0 Å². The van der Waals surface area contributed by atoms with Crippen molar-refractivity contribution >= 4 is 8.80 Å². The molecule has 0 saturated heterocycles. The van der Waals surface area contributed by atoms with Crippen LogP contribution in [0.25, 0.3) is 0 Å². The lowest BCUT2D eigenvalue weighted by Gasteiger charge is -2.28. The molecule has 0 bridgehead atoms. The second-order valence-electron chi connectivity index (χ2n) is 4.22. The van der Waals surface area contributed by atoms with Crippen LogP contribution in [-0.4, -0.2) is 41.5 Å². The third-order valence-corrected chi connectivity index (χ3v) is 4.95. The van der Waals surface area contributed by atoms with Gasteiger partial charge in [0, 0.05) is 26.4 Å². The van der Waals surface area contributed by atoms with Gasteiger partial charge in [-0.05, 0) is 33.1 Å². The Labute approximate surface area is 107 Å². The average molecular weight is 264 g/mol. The van der Waals surface area contributed by atoms with Gasteiger partial charge >= 0.3 is 8.80 Å². The number of hydrogen-bond acceptors (Lipinski definition) is 4. The molecule has 0 aliphatic carbocycles. The fourth-order valence-corrected chi connectivity index (χ4v) is 3.64. The van der Waals surface area contributed by atoms with Gasteiger partial charge in [-0.3, -0.25) is 0 Å². The molecule has 0 aromatic heterocycles. The molecule has 0 aromatic rings. The van der Waals surface area contributed by atoms with Crippen molar-refractivity contribution < 1.29 is 18.0 Å². The van der Waals surface area contributed by atoms with E-state index in [4.69, 9.17) is 18.0 Å². The summed E-state index contributed by atoms with van der Waals surface area (Å²) in [7, 11) is -2.59. The average Bonchev–Trinajstić information content (AvgIpc) is 2.25. The van der Waals surface area contributed by atoms with Crippen LogP contribution in [0.4, 0.5) is 0 Å². The molecule has 0 aromatic carbocycles. The first kappa shape index (κ1) is 17.1. The molecule has 0 rings (SSSR count). The third kappa shape index (κ3) is 7.89. The Kier molecular flexibility index (Phi) is 10.1. The van der Waals surface area contributed by atoms with Gasteiger partial charge in [-0.2, -0.15) is 0 Å². The van der Waals surface area contributed by atoms with Crippen molar-refractivity contribution in [2.45, 2.75) is 41.0 Å². The Morgan fingerprint density at radius 1 is 0.882 bits per heavy atom. The second-order valence-corrected chi connectivity index (χ2v) is 6.74. The minimum Gasteiger partial charge on any atom is -0.377 e. The quantitative estimate of drug-likeness (QED) is 0.425. The van der Waals surface area contributed by atoms with Crippen molar-refractivity contribution in [1.82, 2.24) is 0 Å². The Bertz CT molecular complexity index is 159. The summed E-state index contributed by atoms with van der Waals surface area (Å²) >= 11 is 0. The number of hydrogen-bond donors (Lipinski definition) is 0. The summed E-state index contributed by atoms with van der Waals surface area (Å²) in [5.74, 6) is 0.650. The fourth-order valence-electron chi connectivity index (χ4n) is 1.43. The molecule has 0 radical (unpaired) electrons. The second kappa shape index (κ2) is 10.0. The van der Waals surface area contributed by atoms with Crippen LogP contribution in [0.3, 0.4) is 0 Å². The van der Waals surface area contributed by atoms with Gasteiger partial charge in [-0.15, -0.1) is 0 Å². The van der Waals surface area contributed by atoms with Gasteiger partial charge in [0.1, 0.15) is 6.23 Å². The highest BCUT2D eigenvalue weighted by Crippen LogP contribution is 2.11. The molecule has 0 fully saturated rings. The molecule has 0 aliphatic heterocycles. The topological polar surface area (TPSA) is 36.9 Å². The van der Waals surface area contributed by atoms with Gasteiger partial charge < -0.3 is 18.0 Å². The maximum atomic E-state index is 5.69. The maximum Gasteiger partial charge on any atom is 0.528 e. The van der Waals surface area contributed by atoms with E-state index in [-0.39, 0.29) is 0 Å². The maximum absolute atomic E-state index is 5.69. The lowest BCUT2D eigenvalue weighted by Crippen LogP contribution is -2.51. The molecular weight excluding hydrogens is 236 g/mol. The first-order valence-corrected chi connectivity index (χ1v) is 8.53. The molecule has 4 nitrogen and oxygen atoms in total. The normalized spacial score (nSPS) is 12.4. The van der Waals surface area contributed by atoms with Crippen LogP contribution in [0.2, 0.25) is 0 Å². The summed E-state index contributed by atoms with van der Waals surface area (Å²) in [6.45, 7) is 12.7. The molecule has 104 valence electrons. The van der Waals surface area contributed by atoms with Crippen LogP contribution < -0.4 is 0 Å². The molecule has 0 heterocycles. The van der Waals surface area contributed by atoms with Crippen molar-refractivity contribution in [3.05, 3.63) is 0 Å². The van der Waals surface area contributed by atoms with E-state index in [0.717, 1.165) is 13.0 Å². The highest BCUT2D eigenvalue weighted by atomic mass is 28.4. The standard InChI is InChI=1S/C12H28O4Si/c1-6-14-17(15-7-2,16-8-3)11-13-10-9-12(4)5/h12H,6-11H2,1-5H3. The lowest BCUT2D eigenvalue weighted by molar-refractivity contribution is 0.0283. The summed E-state index contributed by atoms with van der Waals surface area (Å²) in [4.78, 5) is 0. The van der Waals surface area contributed by atoms with E-state index in [1.165, 1.54) is 0 Å². The molecule has 0 amide bonds. The predicted octanol–water partition coefficient (Wildman–Crippen LogP) is 2.64. The highest BCUT2D eigenvalue weighted by molar-refractivity contribution is 6.60. The number of rotatable bonds is 11. The largest absolute Gasteiger partial charge is 0.528 e. The van der Waals surface area contributed by atoms with Crippen LogP contribution in [0.5, 0.6) is 0 Å². The smallest absolute Gasteiger partial charge is 0.377 e. The van der Waals surface area contributed by atoms with E-state index in [2.05, 4.69) is 13.8 Å². The summed E-state index contributed by atoms with van der Waals surface area (Å²) in [5.41, 5.74) is 0. The molecule has 0 saturated carbocycles. The van der Waals surface area contributed by atoms with Gasteiger partial charge in [0.25, 0.3) is 0 Å². The Morgan fingerprint density at radius 2 is 1.35 bits per heavy atom. The van der Waals surface area contributed by atoms with Crippen LogP contribution >= 0.6 is 0 Å². The molecule has 0 N–H and O–H groups in total. The van der Waals surface area contributed by atoms with E-state index < -0.39 is 8.80 Å². The Hall–Kier alpha value is 0.0569. The molecule has 0 atom stereocenters. The first-order chi connectivity index (χ1) is 8.10. The molecular formula is C12H28O4Si. The summed E-state index contributed by atoms with van der Waals surface area (Å²) < 4.78 is 22.7. The van der Waals surface area contributed by atoms with E-state index in [1.54, 1.807) is 0 Å². The van der Waals surface area contributed by atoms with E-state index in [0.29, 0.717) is 32.0 Å². The zero-order chi connectivity index (χ0) is 13.1. The van der Waals surface area contributed by atoms with Crippen molar-refractivity contribution in [1.29, 1.82) is 0 Å². The van der Waals surface area contributed by atoms with Crippen molar-refractivity contribution in [3.8, 4) is 0 Å². The zero-order valence-electron chi connectivity index (χ0n) is 12.0. The van der Waals surface area contributed by atoms with E-state index >= 15 is 0 Å². The van der Waals surface area contributed by atoms with Gasteiger partial charge in [0.15, 0.2) is 0 Å². The minimum atomic E-state index is -2.59. The van der Waals surface area contributed by atoms with Gasteiger partial charge in [0.2, 0.25) is 0 Å². The van der Waals surface area contributed by atoms with Crippen molar-refractivity contribution in [3.63, 3.8) is 0 Å². The van der Waals surface area contributed by atoms with Gasteiger partial charge in [-0.1, -0.05) is 13.8 Å². The molecule has 17 heavy (non-hydrogen) atoms. The minimum absolute atomic E-state index is 0.454. The van der Waals surface area contributed by atoms with Crippen LogP contribution in [0, 0.1) is 5.92 Å². The number of ether oxygens (including phenoxy) is 1. The van der Waals surface area contributed by atoms with Crippen LogP contribution in [-0.2, 0) is 18.0 Å². The SMILES string of the molecule is CCO[Si](COCCC(C)C)(OCC)OCC. The highest BCUT2D eigenvalue weighted by Gasteiger charge is 2.41. The molecule has 0 aliphatic rings. The molecule has 0 spiro atoms. The van der Waals surface area contributed by atoms with E-state index in [9.17, 15) is 0 Å². The van der Waals surface area contributed by atoms with Gasteiger partial charge in [-0.25, -0.2) is 0 Å². The van der Waals surface area contributed by atoms with Crippen LogP contribution in [0.15, 0.2) is 0 Å². The molecule has 5 heteroatoms. The lowest BCUT2D eigenvalue weighted by atomic mass is 10.1. The summed E-state index contributed by atoms with van der Waals surface area (Å²) in [5, 5.41) is 0. The fraction of sp³-hybridized carbons (Fsp3) is 1.00. The van der Waals surface area contributed by atoms with E-state index in [1.807, 2.05) is 20.8 Å². The predicted molar refractivity (Wildman–Crippen MR) is 70.9 cm³/mol. The first-order valence-electron chi connectivity index (χ1n) is 6.59. The molecule has 0 unspecified atom stereocenters. The third-order valence-electron chi connectivity index (χ3n) is 2.21. The summed E-state index contributed by atoms with van der Waals surface area (Å²) in [6.07, 6.45) is 1.50. The van der Waals surface area contributed by atoms with Crippen LogP contribution in [0.1, 0.15) is 41.0 Å². The van der Waals surface area contributed by atoms with Crippen molar-refractivity contribution in [2.24, 2.45) is 5.92 Å². The Balaban J connectivity index is 4.14. The monoisotopic (exact) mass is 264 g/mol. The van der Waals surface area contributed by atoms with Crippen molar-refractivity contribution in [2.75, 3.05) is 32.7 Å². The zero-order valence-corrected chi connectivity index (χ0v) is 13.0. The summed E-state index contributed by atoms with van der Waals surface area (Å²) in [6, 6.07) is 0. The Morgan fingerprint density at radius 3 is 1.71 bits per heavy atom.